The largest absolute Gasteiger partial charge is 0.388 e. The van der Waals surface area contributed by atoms with Crippen molar-refractivity contribution in [2.24, 2.45) is 5.92 Å². The third kappa shape index (κ3) is 2.85. The summed E-state index contributed by atoms with van der Waals surface area (Å²) in [4.78, 5) is 2.60. The van der Waals surface area contributed by atoms with Gasteiger partial charge in [-0.1, -0.05) is 29.3 Å². The normalized spacial score (nSPS) is 27.9. The van der Waals surface area contributed by atoms with E-state index in [1.807, 2.05) is 0 Å². The fourth-order valence-corrected chi connectivity index (χ4v) is 3.96. The molecular weight excluding hydrogens is 234 g/mol. The lowest BCUT2D eigenvalue weighted by Crippen LogP contribution is -2.33. The number of fused-ring (bicyclic) bond motifs is 2. The number of nitrogens with zero attached hydrogens (tertiary/aromatic N) is 1. The first-order valence-corrected chi connectivity index (χ1v) is 7.62. The molecule has 1 aromatic rings. The molecule has 3 atom stereocenters. The molecule has 3 unspecified atom stereocenters. The summed E-state index contributed by atoms with van der Waals surface area (Å²) >= 11 is 0. The third-order valence-electron chi connectivity index (χ3n) is 4.84. The predicted molar refractivity (Wildman–Crippen MR) is 78.2 cm³/mol. The molecule has 19 heavy (non-hydrogen) atoms. The highest BCUT2D eigenvalue weighted by molar-refractivity contribution is 5.29. The average molecular weight is 259 g/mol. The van der Waals surface area contributed by atoms with Gasteiger partial charge in [0.05, 0.1) is 6.10 Å². The highest BCUT2D eigenvalue weighted by atomic mass is 16.3. The Morgan fingerprint density at radius 3 is 2.53 bits per heavy atom. The van der Waals surface area contributed by atoms with E-state index in [0.717, 1.165) is 30.5 Å². The van der Waals surface area contributed by atoms with Crippen LogP contribution in [0, 0.1) is 19.8 Å². The Kier molecular flexibility index (Phi) is 3.64. The molecule has 2 bridgehead atoms. The summed E-state index contributed by atoms with van der Waals surface area (Å²) in [5.74, 6) is 0.948. The van der Waals surface area contributed by atoms with Crippen LogP contribution in [0.4, 0.5) is 0 Å². The molecule has 0 spiro atoms. The Morgan fingerprint density at radius 2 is 1.95 bits per heavy atom. The molecule has 1 saturated carbocycles. The van der Waals surface area contributed by atoms with E-state index in [2.05, 4.69) is 36.9 Å². The number of benzene rings is 1. The molecule has 1 aliphatic carbocycles. The Morgan fingerprint density at radius 1 is 1.21 bits per heavy atom. The molecule has 104 valence electrons. The van der Waals surface area contributed by atoms with Gasteiger partial charge in [0, 0.05) is 19.1 Å². The quantitative estimate of drug-likeness (QED) is 0.897. The van der Waals surface area contributed by atoms with Crippen LogP contribution in [0.15, 0.2) is 18.2 Å². The Balaban J connectivity index is 1.57. The fourth-order valence-electron chi connectivity index (χ4n) is 3.96. The Hall–Kier alpha value is -0.860. The first-order chi connectivity index (χ1) is 9.11. The van der Waals surface area contributed by atoms with Crippen LogP contribution in [0.1, 0.15) is 48.5 Å². The van der Waals surface area contributed by atoms with E-state index in [9.17, 15) is 5.11 Å². The second-order valence-electron chi connectivity index (χ2n) is 6.55. The number of hydrogen-bond donors (Lipinski definition) is 1. The van der Waals surface area contributed by atoms with Gasteiger partial charge in [0.1, 0.15) is 0 Å². The lowest BCUT2D eigenvalue weighted by molar-refractivity contribution is 0.129. The molecule has 1 aromatic carbocycles. The number of hydrogen-bond acceptors (Lipinski definition) is 2. The molecule has 1 N–H and O–H groups in total. The summed E-state index contributed by atoms with van der Waals surface area (Å²) in [6.07, 6.45) is 4.77. The first-order valence-electron chi connectivity index (χ1n) is 7.62. The number of aliphatic hydroxyl groups excluding tert-OH is 1. The number of aryl methyl sites for hydroxylation is 2. The van der Waals surface area contributed by atoms with Crippen LogP contribution in [-0.4, -0.2) is 29.1 Å². The maximum Gasteiger partial charge on any atom is 0.0802 e. The second-order valence-corrected chi connectivity index (χ2v) is 6.55. The highest BCUT2D eigenvalue weighted by Crippen LogP contribution is 2.37. The molecule has 3 rings (SSSR count). The number of likely N-dealkylation sites (tertiary alicyclic amines) is 1. The summed E-state index contributed by atoms with van der Waals surface area (Å²) < 4.78 is 0. The van der Waals surface area contributed by atoms with Crippen molar-refractivity contribution >= 4 is 0 Å². The van der Waals surface area contributed by atoms with Gasteiger partial charge in [-0.05, 0) is 51.0 Å². The predicted octanol–water partition coefficient (Wildman–Crippen LogP) is 3.21. The van der Waals surface area contributed by atoms with Crippen molar-refractivity contribution < 1.29 is 5.11 Å². The van der Waals surface area contributed by atoms with Crippen LogP contribution in [0.2, 0.25) is 0 Å². The summed E-state index contributed by atoms with van der Waals surface area (Å²) in [6.45, 7) is 6.52. The number of aliphatic hydroxyl groups is 1. The van der Waals surface area contributed by atoms with E-state index >= 15 is 0 Å². The summed E-state index contributed by atoms with van der Waals surface area (Å²) in [5, 5.41) is 10.4. The monoisotopic (exact) mass is 259 g/mol. The fraction of sp³-hybridized carbons (Fsp3) is 0.647. The van der Waals surface area contributed by atoms with E-state index in [1.165, 1.54) is 36.9 Å². The van der Waals surface area contributed by atoms with Crippen molar-refractivity contribution in [2.75, 3.05) is 13.1 Å². The lowest BCUT2D eigenvalue weighted by atomic mass is 10.0. The van der Waals surface area contributed by atoms with Crippen molar-refractivity contribution in [1.82, 2.24) is 4.90 Å². The highest BCUT2D eigenvalue weighted by Gasteiger charge is 2.37. The van der Waals surface area contributed by atoms with Crippen LogP contribution < -0.4 is 0 Å². The molecular formula is C17H25NO. The van der Waals surface area contributed by atoms with Crippen LogP contribution in [0.3, 0.4) is 0 Å². The Bertz CT molecular complexity index is 436. The molecule has 0 radical (unpaired) electrons. The SMILES string of the molecule is Cc1cc(C)cc(C(O)CCN2CC3CCC2C3)c1. The van der Waals surface area contributed by atoms with Crippen LogP contribution >= 0.6 is 0 Å². The molecule has 1 aliphatic heterocycles. The maximum absolute atomic E-state index is 10.4. The summed E-state index contributed by atoms with van der Waals surface area (Å²) in [7, 11) is 0. The zero-order chi connectivity index (χ0) is 13.4. The molecule has 0 amide bonds. The van der Waals surface area contributed by atoms with Crippen LogP contribution in [0.5, 0.6) is 0 Å². The summed E-state index contributed by atoms with van der Waals surface area (Å²) in [5.41, 5.74) is 3.57. The third-order valence-corrected chi connectivity index (χ3v) is 4.84. The van der Waals surface area contributed by atoms with Crippen molar-refractivity contribution in [3.05, 3.63) is 34.9 Å². The van der Waals surface area contributed by atoms with Gasteiger partial charge in [0.15, 0.2) is 0 Å². The molecule has 2 fully saturated rings. The van der Waals surface area contributed by atoms with Crippen LogP contribution in [0.25, 0.3) is 0 Å². The van der Waals surface area contributed by atoms with Gasteiger partial charge in [-0.3, -0.25) is 4.90 Å². The summed E-state index contributed by atoms with van der Waals surface area (Å²) in [6, 6.07) is 7.22. The molecule has 1 heterocycles. The minimum Gasteiger partial charge on any atom is -0.388 e. The van der Waals surface area contributed by atoms with Gasteiger partial charge in [0.25, 0.3) is 0 Å². The van der Waals surface area contributed by atoms with Gasteiger partial charge in [-0.25, -0.2) is 0 Å². The maximum atomic E-state index is 10.4. The van der Waals surface area contributed by atoms with Gasteiger partial charge >= 0.3 is 0 Å². The van der Waals surface area contributed by atoms with Gasteiger partial charge in [-0.15, -0.1) is 0 Å². The smallest absolute Gasteiger partial charge is 0.0802 e. The van der Waals surface area contributed by atoms with E-state index in [4.69, 9.17) is 0 Å². The van der Waals surface area contributed by atoms with Crippen molar-refractivity contribution in [3.8, 4) is 0 Å². The Labute approximate surface area is 116 Å². The number of piperidine rings is 1. The van der Waals surface area contributed by atoms with Crippen molar-refractivity contribution in [3.63, 3.8) is 0 Å². The molecule has 0 aromatic heterocycles. The van der Waals surface area contributed by atoms with Crippen molar-refractivity contribution in [1.29, 1.82) is 0 Å². The van der Waals surface area contributed by atoms with E-state index in [-0.39, 0.29) is 6.10 Å². The molecule has 1 saturated heterocycles. The van der Waals surface area contributed by atoms with Gasteiger partial charge in [-0.2, -0.15) is 0 Å². The average Bonchev–Trinajstić information content (AvgIpc) is 2.96. The topological polar surface area (TPSA) is 23.5 Å². The lowest BCUT2D eigenvalue weighted by Gasteiger charge is -2.27. The molecule has 2 nitrogen and oxygen atoms in total. The minimum absolute atomic E-state index is 0.308. The minimum atomic E-state index is -0.308. The zero-order valence-electron chi connectivity index (χ0n) is 12.1. The first kappa shape index (κ1) is 13.1. The zero-order valence-corrected chi connectivity index (χ0v) is 12.1. The molecule has 2 heteroatoms. The van der Waals surface area contributed by atoms with E-state index in [1.54, 1.807) is 0 Å². The molecule has 2 aliphatic rings. The van der Waals surface area contributed by atoms with E-state index < -0.39 is 0 Å². The van der Waals surface area contributed by atoms with Gasteiger partial charge in [0.2, 0.25) is 0 Å². The standard InChI is InChI=1S/C17H25NO/c1-12-7-13(2)9-15(8-12)17(19)5-6-18-11-14-3-4-16(18)10-14/h7-9,14,16-17,19H,3-6,10-11H2,1-2H3. The second kappa shape index (κ2) is 5.26. The van der Waals surface area contributed by atoms with Crippen molar-refractivity contribution in [2.45, 2.75) is 51.7 Å². The van der Waals surface area contributed by atoms with Crippen LogP contribution in [-0.2, 0) is 0 Å². The number of rotatable bonds is 4. The van der Waals surface area contributed by atoms with Gasteiger partial charge < -0.3 is 5.11 Å². The van der Waals surface area contributed by atoms with E-state index in [0.29, 0.717) is 0 Å².